The first-order valence-electron chi connectivity index (χ1n) is 7.88. The van der Waals surface area contributed by atoms with Gasteiger partial charge in [0.25, 0.3) is 0 Å². The van der Waals surface area contributed by atoms with Crippen LogP contribution in [0.3, 0.4) is 0 Å². The van der Waals surface area contributed by atoms with Crippen LogP contribution in [-0.2, 0) is 13.0 Å². The molecule has 1 aliphatic rings. The van der Waals surface area contributed by atoms with Gasteiger partial charge in [-0.3, -0.25) is 0 Å². The molecule has 0 bridgehead atoms. The van der Waals surface area contributed by atoms with E-state index in [1.165, 1.54) is 0 Å². The van der Waals surface area contributed by atoms with Crippen molar-refractivity contribution in [2.45, 2.75) is 13.0 Å². The number of hydrogen-bond donors (Lipinski definition) is 1. The minimum atomic E-state index is -0.911. The first-order valence-corrected chi connectivity index (χ1v) is 8.83. The topological polar surface area (TPSA) is 60.7 Å². The summed E-state index contributed by atoms with van der Waals surface area (Å²) in [7, 11) is 3.23. The molecule has 3 heterocycles. The van der Waals surface area contributed by atoms with Crippen molar-refractivity contribution < 1.29 is 19.4 Å². The molecule has 6 heteroatoms. The smallest absolute Gasteiger partial charge is 0.352 e. The Morgan fingerprint density at radius 1 is 1.16 bits per heavy atom. The molecule has 1 aliphatic heterocycles. The number of methoxy groups -OCH3 is 2. The van der Waals surface area contributed by atoms with Crippen LogP contribution in [0.15, 0.2) is 35.0 Å². The summed E-state index contributed by atoms with van der Waals surface area (Å²) in [6.07, 6.45) is 0.751. The first kappa shape index (κ1) is 15.8. The average molecular weight is 355 g/mol. The Hall–Kier alpha value is -2.73. The largest absolute Gasteiger partial charge is 0.493 e. The molecule has 3 aromatic rings. The number of thiophene rings is 1. The number of nitrogens with zero attached hydrogens (tertiary/aromatic N) is 1. The summed E-state index contributed by atoms with van der Waals surface area (Å²) < 4.78 is 12.8. The quantitative estimate of drug-likeness (QED) is 0.763. The summed E-state index contributed by atoms with van der Waals surface area (Å²) >= 11 is 1.60. The van der Waals surface area contributed by atoms with Gasteiger partial charge >= 0.3 is 5.97 Å². The van der Waals surface area contributed by atoms with Crippen LogP contribution >= 0.6 is 11.3 Å². The fourth-order valence-electron chi connectivity index (χ4n) is 3.47. The van der Waals surface area contributed by atoms with Crippen molar-refractivity contribution >= 4 is 17.3 Å². The Morgan fingerprint density at radius 2 is 1.92 bits per heavy atom. The molecule has 0 aliphatic carbocycles. The maximum atomic E-state index is 11.7. The third kappa shape index (κ3) is 2.41. The van der Waals surface area contributed by atoms with Crippen molar-refractivity contribution in [3.05, 3.63) is 46.3 Å². The second-order valence-corrected chi connectivity index (χ2v) is 6.66. The molecule has 128 valence electrons. The van der Waals surface area contributed by atoms with E-state index in [9.17, 15) is 9.90 Å². The van der Waals surface area contributed by atoms with Gasteiger partial charge in [-0.05, 0) is 52.6 Å². The number of aromatic carboxylic acids is 1. The third-order valence-corrected chi connectivity index (χ3v) is 5.30. The lowest BCUT2D eigenvalue weighted by Gasteiger charge is -2.23. The zero-order chi connectivity index (χ0) is 17.6. The van der Waals surface area contributed by atoms with Crippen LogP contribution in [0.25, 0.3) is 22.4 Å². The number of benzene rings is 1. The number of ether oxygens (including phenoxy) is 2. The minimum Gasteiger partial charge on any atom is -0.493 e. The zero-order valence-electron chi connectivity index (χ0n) is 13.9. The lowest BCUT2D eigenvalue weighted by atomic mass is 9.94. The third-order valence-electron chi connectivity index (χ3n) is 4.62. The van der Waals surface area contributed by atoms with Gasteiger partial charge in [0, 0.05) is 17.7 Å². The Balaban J connectivity index is 2.02. The van der Waals surface area contributed by atoms with Crippen molar-refractivity contribution in [1.82, 2.24) is 4.57 Å². The summed E-state index contributed by atoms with van der Waals surface area (Å²) in [6, 6.07) is 7.72. The van der Waals surface area contributed by atoms with Crippen molar-refractivity contribution in [3.8, 4) is 33.9 Å². The molecule has 0 saturated carbocycles. The van der Waals surface area contributed by atoms with Gasteiger partial charge in [0.1, 0.15) is 5.69 Å². The van der Waals surface area contributed by atoms with Gasteiger partial charge in [0.15, 0.2) is 11.5 Å². The predicted octanol–water partition coefficient (Wildman–Crippen LogP) is 4.16. The maximum absolute atomic E-state index is 11.7. The van der Waals surface area contributed by atoms with Gasteiger partial charge in [0.05, 0.1) is 19.9 Å². The van der Waals surface area contributed by atoms with E-state index in [1.54, 1.807) is 31.6 Å². The fourth-order valence-corrected chi connectivity index (χ4v) is 4.12. The van der Waals surface area contributed by atoms with Gasteiger partial charge in [-0.25, -0.2) is 4.79 Å². The summed E-state index contributed by atoms with van der Waals surface area (Å²) in [5.74, 6) is 0.424. The molecular formula is C19H17NO4S. The number of carboxylic acid groups (broad SMARTS) is 1. The zero-order valence-corrected chi connectivity index (χ0v) is 14.7. The predicted molar refractivity (Wildman–Crippen MR) is 96.9 cm³/mol. The Labute approximate surface area is 149 Å². The standard InChI is InChI=1S/C19H17NO4S/c1-23-16-7-11-3-5-20-15(19(21)22)8-13(12-4-6-25-10-12)18(20)14(11)9-17(16)24-2/h4,6-10H,3,5H2,1-2H3,(H,21,22). The highest BCUT2D eigenvalue weighted by Gasteiger charge is 2.27. The van der Waals surface area contributed by atoms with Crippen LogP contribution in [-0.4, -0.2) is 29.9 Å². The van der Waals surface area contributed by atoms with E-state index in [1.807, 2.05) is 33.5 Å². The van der Waals surface area contributed by atoms with Gasteiger partial charge < -0.3 is 19.1 Å². The second-order valence-electron chi connectivity index (χ2n) is 5.88. The van der Waals surface area contributed by atoms with E-state index in [4.69, 9.17) is 9.47 Å². The number of rotatable bonds is 4. The normalized spacial score (nSPS) is 12.4. The molecule has 0 spiro atoms. The number of aromatic nitrogens is 1. The van der Waals surface area contributed by atoms with Crippen molar-refractivity contribution in [1.29, 1.82) is 0 Å². The van der Waals surface area contributed by atoms with Crippen LogP contribution in [0.4, 0.5) is 0 Å². The summed E-state index contributed by atoms with van der Waals surface area (Å²) in [5, 5.41) is 13.7. The van der Waals surface area contributed by atoms with E-state index in [0.717, 1.165) is 34.4 Å². The Bertz CT molecular complexity index is 956. The van der Waals surface area contributed by atoms with Crippen LogP contribution in [0.5, 0.6) is 11.5 Å². The maximum Gasteiger partial charge on any atom is 0.352 e. The lowest BCUT2D eigenvalue weighted by molar-refractivity contribution is 0.0685. The minimum absolute atomic E-state index is 0.316. The molecule has 2 aromatic heterocycles. The molecule has 1 N–H and O–H groups in total. The fraction of sp³-hybridized carbons (Fsp3) is 0.211. The highest BCUT2D eigenvalue weighted by Crippen LogP contribution is 2.44. The molecule has 0 amide bonds. The Kier molecular flexibility index (Phi) is 3.77. The molecule has 0 radical (unpaired) electrons. The molecule has 0 saturated heterocycles. The number of hydrogen-bond acceptors (Lipinski definition) is 4. The summed E-state index contributed by atoms with van der Waals surface area (Å²) in [4.78, 5) is 11.7. The summed E-state index contributed by atoms with van der Waals surface area (Å²) in [6.45, 7) is 0.629. The number of carboxylic acids is 1. The first-order chi connectivity index (χ1) is 12.1. The SMILES string of the molecule is COc1cc2c(cc1OC)-c1c(-c3ccsc3)cc(C(=O)O)n1CC2. The number of carbonyl (C=O) groups is 1. The highest BCUT2D eigenvalue weighted by atomic mass is 32.1. The van der Waals surface area contributed by atoms with E-state index < -0.39 is 5.97 Å². The molecule has 4 rings (SSSR count). The molecule has 5 nitrogen and oxygen atoms in total. The van der Waals surface area contributed by atoms with E-state index in [-0.39, 0.29) is 0 Å². The summed E-state index contributed by atoms with van der Waals surface area (Å²) in [5.41, 5.74) is 5.35. The second kappa shape index (κ2) is 5.97. The van der Waals surface area contributed by atoms with Gasteiger partial charge in [-0.15, -0.1) is 0 Å². The van der Waals surface area contributed by atoms with Crippen LogP contribution in [0.2, 0.25) is 0 Å². The molecule has 25 heavy (non-hydrogen) atoms. The Morgan fingerprint density at radius 3 is 2.56 bits per heavy atom. The molecule has 0 unspecified atom stereocenters. The van der Waals surface area contributed by atoms with Crippen LogP contribution < -0.4 is 9.47 Å². The van der Waals surface area contributed by atoms with Crippen molar-refractivity contribution in [2.75, 3.05) is 14.2 Å². The van der Waals surface area contributed by atoms with E-state index in [0.29, 0.717) is 23.7 Å². The number of aryl methyl sites for hydroxylation is 1. The van der Waals surface area contributed by atoms with Gasteiger partial charge in [-0.1, -0.05) is 0 Å². The highest BCUT2D eigenvalue weighted by molar-refractivity contribution is 7.08. The average Bonchev–Trinajstić information content (AvgIpc) is 3.27. The van der Waals surface area contributed by atoms with Crippen LogP contribution in [0, 0.1) is 0 Å². The van der Waals surface area contributed by atoms with Crippen LogP contribution in [0.1, 0.15) is 16.1 Å². The van der Waals surface area contributed by atoms with E-state index >= 15 is 0 Å². The molecule has 0 atom stereocenters. The lowest BCUT2D eigenvalue weighted by Crippen LogP contribution is -2.16. The van der Waals surface area contributed by atoms with Crippen molar-refractivity contribution in [3.63, 3.8) is 0 Å². The van der Waals surface area contributed by atoms with E-state index in [2.05, 4.69) is 0 Å². The molecular weight excluding hydrogens is 338 g/mol. The number of fused-ring (bicyclic) bond motifs is 3. The van der Waals surface area contributed by atoms with Gasteiger partial charge in [-0.2, -0.15) is 11.3 Å². The molecule has 0 fully saturated rings. The molecule has 1 aromatic carbocycles. The monoisotopic (exact) mass is 355 g/mol. The van der Waals surface area contributed by atoms with Gasteiger partial charge in [0.2, 0.25) is 0 Å². The van der Waals surface area contributed by atoms with Crippen molar-refractivity contribution in [2.24, 2.45) is 0 Å².